The molecule has 3 aromatic rings. The highest BCUT2D eigenvalue weighted by Gasteiger charge is 2.41. The Hall–Kier alpha value is -2.84. The van der Waals surface area contributed by atoms with Crippen molar-refractivity contribution in [3.63, 3.8) is 0 Å². The lowest BCUT2D eigenvalue weighted by Crippen LogP contribution is -2.45. The van der Waals surface area contributed by atoms with Gasteiger partial charge in [-0.1, -0.05) is 23.7 Å². The summed E-state index contributed by atoms with van der Waals surface area (Å²) in [5.74, 6) is 1.63. The Morgan fingerprint density at radius 1 is 1.07 bits per heavy atom. The molecule has 40 heavy (non-hydrogen) atoms. The minimum absolute atomic E-state index is 0.362. The second kappa shape index (κ2) is 10.9. The molecule has 3 fully saturated rings. The Balaban J connectivity index is 1.27. The molecule has 2 saturated heterocycles. The van der Waals surface area contributed by atoms with E-state index < -0.39 is 12.9 Å². The number of benzene rings is 2. The standard InChI is InChI=1S/C29H35ClN5O4P/c1-37-25-17-24(35-12-10-29(11-13-35)38-14-15-39-29)20(19-8-9-19)16-23(25)33-28-31-18-21(30)27(34-28)32-22-6-4-5-7-26(22)40(2,3)36/h4-7,16-19H,8-15H2,1-3H3,(H2,31,32,33,34). The van der Waals surface area contributed by atoms with Crippen LogP contribution in [-0.2, 0) is 14.0 Å². The second-order valence-electron chi connectivity index (χ2n) is 11.0. The number of methoxy groups -OCH3 is 1. The molecule has 0 radical (unpaired) electrons. The molecule has 212 valence electrons. The number of aromatic nitrogens is 2. The van der Waals surface area contributed by atoms with E-state index in [-0.39, 0.29) is 0 Å². The molecule has 1 aliphatic carbocycles. The maximum atomic E-state index is 12.8. The van der Waals surface area contributed by atoms with Crippen LogP contribution in [0.3, 0.4) is 0 Å². The van der Waals surface area contributed by atoms with E-state index in [1.807, 2.05) is 24.3 Å². The highest BCUT2D eigenvalue weighted by Crippen LogP contribution is 2.49. The topological polar surface area (TPSA) is 97.8 Å². The number of piperidine rings is 1. The van der Waals surface area contributed by atoms with Crippen LogP contribution in [0.25, 0.3) is 0 Å². The van der Waals surface area contributed by atoms with Crippen molar-refractivity contribution >= 4 is 52.9 Å². The van der Waals surface area contributed by atoms with E-state index in [9.17, 15) is 4.57 Å². The Kier molecular flexibility index (Phi) is 7.42. The zero-order valence-electron chi connectivity index (χ0n) is 23.1. The van der Waals surface area contributed by atoms with Crippen LogP contribution in [0.15, 0.2) is 42.6 Å². The lowest BCUT2D eigenvalue weighted by atomic mass is 9.99. The summed E-state index contributed by atoms with van der Waals surface area (Å²) >= 11 is 6.47. The van der Waals surface area contributed by atoms with Gasteiger partial charge in [0, 0.05) is 43.0 Å². The third-order valence-electron chi connectivity index (χ3n) is 7.77. The molecule has 0 atom stereocenters. The lowest BCUT2D eigenvalue weighted by molar-refractivity contribution is -0.169. The number of nitrogens with zero attached hydrogens (tertiary/aromatic N) is 3. The number of nitrogens with one attached hydrogen (secondary N) is 2. The summed E-state index contributed by atoms with van der Waals surface area (Å²) in [6.45, 7) is 6.58. The Morgan fingerprint density at radius 3 is 2.48 bits per heavy atom. The average Bonchev–Trinajstić information content (AvgIpc) is 3.70. The summed E-state index contributed by atoms with van der Waals surface area (Å²) < 4.78 is 30.6. The monoisotopic (exact) mass is 583 g/mol. The highest BCUT2D eigenvalue weighted by atomic mass is 35.5. The molecule has 3 heterocycles. The second-order valence-corrected chi connectivity index (χ2v) is 14.6. The molecular weight excluding hydrogens is 549 g/mol. The number of para-hydroxylation sites is 1. The van der Waals surface area contributed by atoms with Crippen molar-refractivity contribution in [3.8, 4) is 5.75 Å². The molecule has 9 nitrogen and oxygen atoms in total. The van der Waals surface area contributed by atoms with Crippen LogP contribution < -0.4 is 25.6 Å². The molecule has 0 unspecified atom stereocenters. The molecule has 1 spiro atoms. The van der Waals surface area contributed by atoms with E-state index in [1.165, 1.54) is 24.1 Å². The quantitative estimate of drug-likeness (QED) is 0.305. The van der Waals surface area contributed by atoms with E-state index in [1.54, 1.807) is 26.6 Å². The summed E-state index contributed by atoms with van der Waals surface area (Å²) in [6, 6.07) is 11.8. The average molecular weight is 584 g/mol. The molecule has 6 rings (SSSR count). The van der Waals surface area contributed by atoms with Crippen LogP contribution in [-0.4, -0.2) is 62.5 Å². The van der Waals surface area contributed by atoms with Crippen molar-refractivity contribution in [3.05, 3.63) is 53.2 Å². The predicted octanol–water partition coefficient (Wildman–Crippen LogP) is 6.09. The van der Waals surface area contributed by atoms with Crippen LogP contribution in [0.4, 0.5) is 28.8 Å². The first-order valence-electron chi connectivity index (χ1n) is 13.7. The smallest absolute Gasteiger partial charge is 0.229 e. The number of halogens is 1. The maximum absolute atomic E-state index is 12.8. The predicted molar refractivity (Wildman–Crippen MR) is 160 cm³/mol. The number of hydrogen-bond donors (Lipinski definition) is 2. The summed E-state index contributed by atoms with van der Waals surface area (Å²) in [4.78, 5) is 11.5. The van der Waals surface area contributed by atoms with Gasteiger partial charge in [-0.3, -0.25) is 0 Å². The van der Waals surface area contributed by atoms with Crippen LogP contribution in [0.5, 0.6) is 5.75 Å². The molecule has 0 amide bonds. The Morgan fingerprint density at radius 2 is 1.80 bits per heavy atom. The zero-order valence-corrected chi connectivity index (χ0v) is 24.7. The van der Waals surface area contributed by atoms with Gasteiger partial charge in [0.2, 0.25) is 5.95 Å². The van der Waals surface area contributed by atoms with Crippen LogP contribution in [0.2, 0.25) is 5.02 Å². The van der Waals surface area contributed by atoms with E-state index >= 15 is 0 Å². The first-order chi connectivity index (χ1) is 19.2. The maximum Gasteiger partial charge on any atom is 0.229 e. The SMILES string of the molecule is COc1cc(N2CCC3(CC2)OCCO3)c(C2CC2)cc1Nc1ncc(Cl)c(Nc2ccccc2P(C)(C)=O)n1. The van der Waals surface area contributed by atoms with Crippen molar-refractivity contribution in [2.75, 3.05) is 62.3 Å². The van der Waals surface area contributed by atoms with Gasteiger partial charge in [-0.25, -0.2) is 4.98 Å². The molecule has 2 N–H and O–H groups in total. The highest BCUT2D eigenvalue weighted by molar-refractivity contribution is 7.70. The first-order valence-corrected chi connectivity index (χ1v) is 16.7. The first kappa shape index (κ1) is 27.3. The van der Waals surface area contributed by atoms with Gasteiger partial charge in [0.1, 0.15) is 17.9 Å². The fraction of sp³-hybridized carbons (Fsp3) is 0.448. The van der Waals surface area contributed by atoms with Gasteiger partial charge in [0.15, 0.2) is 11.6 Å². The fourth-order valence-corrected chi connectivity index (χ4v) is 6.83. The van der Waals surface area contributed by atoms with Crippen molar-refractivity contribution in [2.45, 2.75) is 37.4 Å². The van der Waals surface area contributed by atoms with Gasteiger partial charge in [0.05, 0.1) is 37.9 Å². The minimum atomic E-state index is -2.52. The Bertz CT molecular complexity index is 1440. The molecule has 1 aromatic heterocycles. The van der Waals surface area contributed by atoms with Gasteiger partial charge in [-0.2, -0.15) is 4.98 Å². The summed E-state index contributed by atoms with van der Waals surface area (Å²) in [5, 5.41) is 7.71. The van der Waals surface area contributed by atoms with E-state index in [0.29, 0.717) is 47.4 Å². The minimum Gasteiger partial charge on any atom is -0.494 e. The van der Waals surface area contributed by atoms with Crippen LogP contribution >= 0.6 is 18.7 Å². The van der Waals surface area contributed by atoms with Crippen molar-refractivity contribution < 1.29 is 18.8 Å². The van der Waals surface area contributed by atoms with Crippen molar-refractivity contribution in [1.29, 1.82) is 0 Å². The number of rotatable bonds is 8. The van der Waals surface area contributed by atoms with Gasteiger partial charge >= 0.3 is 0 Å². The largest absolute Gasteiger partial charge is 0.494 e. The lowest BCUT2D eigenvalue weighted by Gasteiger charge is -2.39. The van der Waals surface area contributed by atoms with Gasteiger partial charge in [-0.15, -0.1) is 0 Å². The summed E-state index contributed by atoms with van der Waals surface area (Å²) in [5.41, 5.74) is 4.01. The summed E-state index contributed by atoms with van der Waals surface area (Å²) in [7, 11) is -0.844. The Labute approximate surface area is 240 Å². The van der Waals surface area contributed by atoms with Crippen molar-refractivity contribution in [2.24, 2.45) is 0 Å². The van der Waals surface area contributed by atoms with Crippen LogP contribution in [0, 0.1) is 0 Å². The normalized spacial score (nSPS) is 18.6. The number of ether oxygens (including phenoxy) is 3. The van der Waals surface area contributed by atoms with Crippen LogP contribution in [0.1, 0.15) is 37.2 Å². The van der Waals surface area contributed by atoms with E-state index in [2.05, 4.69) is 37.6 Å². The molecule has 2 aromatic carbocycles. The van der Waals surface area contributed by atoms with Gasteiger partial charge < -0.3 is 34.3 Å². The third-order valence-corrected chi connectivity index (χ3v) is 9.60. The summed E-state index contributed by atoms with van der Waals surface area (Å²) in [6.07, 6.45) is 5.60. The number of anilines is 5. The van der Waals surface area contributed by atoms with E-state index in [4.69, 9.17) is 25.8 Å². The molecule has 11 heteroatoms. The number of hydrogen-bond acceptors (Lipinski definition) is 9. The van der Waals surface area contributed by atoms with E-state index in [0.717, 1.165) is 36.9 Å². The molecule has 3 aliphatic rings. The molecule has 2 aliphatic heterocycles. The molecular formula is C29H35ClN5O4P. The third kappa shape index (κ3) is 5.66. The fourth-order valence-electron chi connectivity index (χ4n) is 5.53. The van der Waals surface area contributed by atoms with Gasteiger partial charge in [-0.05, 0) is 55.9 Å². The molecule has 0 bridgehead atoms. The zero-order chi connectivity index (χ0) is 27.9. The molecule has 1 saturated carbocycles. The van der Waals surface area contributed by atoms with Gasteiger partial charge in [0.25, 0.3) is 0 Å². The van der Waals surface area contributed by atoms with Crippen molar-refractivity contribution in [1.82, 2.24) is 9.97 Å².